The number of aliphatic imine (C=N–C) groups is 1. The van der Waals surface area contributed by atoms with Crippen LogP contribution in [0.1, 0.15) is 43.4 Å². The van der Waals surface area contributed by atoms with Crippen LogP contribution in [0.3, 0.4) is 0 Å². The first-order valence-corrected chi connectivity index (χ1v) is 10.7. The maximum atomic E-state index is 5.82. The molecule has 0 aliphatic carbocycles. The van der Waals surface area contributed by atoms with E-state index in [2.05, 4.69) is 49.4 Å². The molecule has 0 amide bonds. The van der Waals surface area contributed by atoms with Gasteiger partial charge in [-0.25, -0.2) is 0 Å². The van der Waals surface area contributed by atoms with Gasteiger partial charge in [0.1, 0.15) is 11.6 Å². The van der Waals surface area contributed by atoms with E-state index < -0.39 is 0 Å². The Bertz CT molecular complexity index is 764. The number of aryl methyl sites for hydroxylation is 1. The fraction of sp³-hybridized carbons (Fsp3) is 0.591. The average Bonchev–Trinajstić information content (AvgIpc) is 2.97. The maximum Gasteiger partial charge on any atom is 0.191 e. The molecule has 7 nitrogen and oxygen atoms in total. The predicted molar refractivity (Wildman–Crippen MR) is 131 cm³/mol. The minimum Gasteiger partial charge on any atom is -0.376 e. The number of guanidine groups is 1. The Labute approximate surface area is 197 Å². The Kier molecular flexibility index (Phi) is 11.1. The molecule has 1 unspecified atom stereocenters. The van der Waals surface area contributed by atoms with Crippen molar-refractivity contribution in [2.24, 2.45) is 10.9 Å². The Morgan fingerprint density at radius 1 is 1.17 bits per heavy atom. The zero-order valence-electron chi connectivity index (χ0n) is 18.1. The molecule has 8 heteroatoms. The summed E-state index contributed by atoms with van der Waals surface area (Å²) in [6, 6.07) is 10.3. The number of benzene rings is 1. The molecule has 2 aromatic rings. The molecule has 2 N–H and O–H groups in total. The minimum absolute atomic E-state index is 0. The van der Waals surface area contributed by atoms with Crippen molar-refractivity contribution in [1.82, 2.24) is 25.4 Å². The molecule has 0 fully saturated rings. The van der Waals surface area contributed by atoms with Gasteiger partial charge >= 0.3 is 0 Å². The van der Waals surface area contributed by atoms with Crippen molar-refractivity contribution in [1.29, 1.82) is 0 Å². The minimum atomic E-state index is 0. The summed E-state index contributed by atoms with van der Waals surface area (Å²) in [5.74, 6) is 3.43. The molecule has 3 rings (SSSR count). The number of rotatable bonds is 9. The van der Waals surface area contributed by atoms with Crippen LogP contribution in [0.5, 0.6) is 0 Å². The van der Waals surface area contributed by atoms with Crippen LogP contribution >= 0.6 is 24.0 Å². The van der Waals surface area contributed by atoms with Crippen LogP contribution in [0.25, 0.3) is 0 Å². The van der Waals surface area contributed by atoms with Gasteiger partial charge in [-0.1, -0.05) is 43.7 Å². The molecule has 30 heavy (non-hydrogen) atoms. The van der Waals surface area contributed by atoms with Crippen LogP contribution in [0.15, 0.2) is 35.3 Å². The van der Waals surface area contributed by atoms with Crippen LogP contribution in [0.4, 0.5) is 0 Å². The van der Waals surface area contributed by atoms with Crippen LogP contribution < -0.4 is 10.6 Å². The Balaban J connectivity index is 0.00000320. The van der Waals surface area contributed by atoms with Gasteiger partial charge in [-0.2, -0.15) is 0 Å². The number of hydrogen-bond donors (Lipinski definition) is 2. The molecule has 166 valence electrons. The smallest absolute Gasteiger partial charge is 0.191 e. The van der Waals surface area contributed by atoms with Crippen molar-refractivity contribution >= 4 is 29.9 Å². The van der Waals surface area contributed by atoms with Crippen molar-refractivity contribution in [3.05, 3.63) is 47.5 Å². The summed E-state index contributed by atoms with van der Waals surface area (Å²) in [5, 5.41) is 15.5. The summed E-state index contributed by atoms with van der Waals surface area (Å²) in [5.41, 5.74) is 1.21. The Morgan fingerprint density at radius 2 is 2.00 bits per heavy atom. The molecule has 1 aliphatic heterocycles. The molecule has 1 aromatic carbocycles. The third-order valence-electron chi connectivity index (χ3n) is 5.18. The van der Waals surface area contributed by atoms with E-state index in [0.29, 0.717) is 19.1 Å². The van der Waals surface area contributed by atoms with E-state index in [1.165, 1.54) is 24.8 Å². The van der Waals surface area contributed by atoms with Crippen LogP contribution in [-0.2, 0) is 30.7 Å². The van der Waals surface area contributed by atoms with Gasteiger partial charge in [0.2, 0.25) is 0 Å². The highest BCUT2D eigenvalue weighted by Gasteiger charge is 2.14. The van der Waals surface area contributed by atoms with Crippen molar-refractivity contribution in [3.8, 4) is 0 Å². The van der Waals surface area contributed by atoms with E-state index in [4.69, 9.17) is 4.74 Å². The second-order valence-corrected chi connectivity index (χ2v) is 7.73. The lowest BCUT2D eigenvalue weighted by Gasteiger charge is -2.16. The number of nitrogens with one attached hydrogen (secondary N) is 2. The number of hydrogen-bond acceptors (Lipinski definition) is 4. The number of nitrogens with zero attached hydrogens (tertiary/aromatic N) is 4. The normalized spacial score (nSPS) is 14.9. The zero-order valence-corrected chi connectivity index (χ0v) is 20.5. The number of halogens is 1. The molecule has 0 saturated carbocycles. The lowest BCUT2D eigenvalue weighted by molar-refractivity contribution is 0.0931. The van der Waals surface area contributed by atoms with Gasteiger partial charge in [-0.3, -0.25) is 4.99 Å². The summed E-state index contributed by atoms with van der Waals surface area (Å²) < 4.78 is 8.12. The summed E-state index contributed by atoms with van der Waals surface area (Å²) >= 11 is 0. The zero-order chi connectivity index (χ0) is 20.3. The topological polar surface area (TPSA) is 76.4 Å². The lowest BCUT2D eigenvalue weighted by atomic mass is 10.2. The van der Waals surface area contributed by atoms with E-state index in [0.717, 1.165) is 50.1 Å². The van der Waals surface area contributed by atoms with E-state index in [1.807, 2.05) is 18.2 Å². The van der Waals surface area contributed by atoms with Crippen LogP contribution in [-0.4, -0.2) is 47.5 Å². The molecule has 0 radical (unpaired) electrons. The second kappa shape index (κ2) is 13.6. The standard InChI is InChI=1S/C22H34N6O.HI/c1-18(16-29-17-19-9-5-3-6-10-19)15-25-22(23-2)24-13-12-21-27-26-20-11-7-4-8-14-28(20)21;/h3,5-6,9-10,18H,4,7-8,11-17H2,1-2H3,(H2,23,24,25);1H. The molecule has 1 aliphatic rings. The molecule has 0 bridgehead atoms. The van der Waals surface area contributed by atoms with Gasteiger partial charge < -0.3 is 19.9 Å². The summed E-state index contributed by atoms with van der Waals surface area (Å²) in [6.45, 7) is 6.19. The quantitative estimate of drug-likeness (QED) is 0.298. The van der Waals surface area contributed by atoms with E-state index >= 15 is 0 Å². The summed E-state index contributed by atoms with van der Waals surface area (Å²) in [7, 11) is 1.80. The SMILES string of the molecule is CN=C(NCCc1nnc2n1CCCCC2)NCC(C)COCc1ccccc1.I. The Hall–Kier alpha value is -1.68. The molecule has 0 spiro atoms. The van der Waals surface area contributed by atoms with Crippen molar-refractivity contribution < 1.29 is 4.74 Å². The summed E-state index contributed by atoms with van der Waals surface area (Å²) in [4.78, 5) is 4.32. The first-order valence-electron chi connectivity index (χ1n) is 10.7. The Morgan fingerprint density at radius 3 is 2.80 bits per heavy atom. The molecule has 1 aromatic heterocycles. The highest BCUT2D eigenvalue weighted by Crippen LogP contribution is 2.14. The largest absolute Gasteiger partial charge is 0.376 e. The average molecular weight is 526 g/mol. The van der Waals surface area contributed by atoms with Gasteiger partial charge in [-0.15, -0.1) is 34.2 Å². The first-order chi connectivity index (χ1) is 14.3. The van der Waals surface area contributed by atoms with Gasteiger partial charge in [0.05, 0.1) is 13.2 Å². The van der Waals surface area contributed by atoms with E-state index in [-0.39, 0.29) is 24.0 Å². The first kappa shape index (κ1) is 24.6. The van der Waals surface area contributed by atoms with Crippen molar-refractivity contribution in [2.45, 2.75) is 52.2 Å². The van der Waals surface area contributed by atoms with Crippen LogP contribution in [0.2, 0.25) is 0 Å². The molecular weight excluding hydrogens is 491 g/mol. The van der Waals surface area contributed by atoms with Crippen molar-refractivity contribution in [2.75, 3.05) is 26.7 Å². The second-order valence-electron chi connectivity index (χ2n) is 7.73. The fourth-order valence-corrected chi connectivity index (χ4v) is 3.53. The van der Waals surface area contributed by atoms with Gasteiger partial charge in [-0.05, 0) is 24.3 Å². The number of aromatic nitrogens is 3. The molecular formula is C22H35IN6O. The fourth-order valence-electron chi connectivity index (χ4n) is 3.53. The van der Waals surface area contributed by atoms with Crippen LogP contribution in [0, 0.1) is 5.92 Å². The third kappa shape index (κ3) is 7.86. The lowest BCUT2D eigenvalue weighted by Crippen LogP contribution is -2.41. The van der Waals surface area contributed by atoms with Gasteiger partial charge in [0, 0.05) is 39.5 Å². The molecule has 2 heterocycles. The van der Waals surface area contributed by atoms with Gasteiger partial charge in [0.15, 0.2) is 5.96 Å². The van der Waals surface area contributed by atoms with E-state index in [9.17, 15) is 0 Å². The predicted octanol–water partition coefficient (Wildman–Crippen LogP) is 3.18. The molecule has 1 atom stereocenters. The highest BCUT2D eigenvalue weighted by atomic mass is 127. The number of ether oxygens (including phenoxy) is 1. The van der Waals surface area contributed by atoms with Crippen molar-refractivity contribution in [3.63, 3.8) is 0 Å². The van der Waals surface area contributed by atoms with Gasteiger partial charge in [0.25, 0.3) is 0 Å². The molecule has 0 saturated heterocycles. The maximum absolute atomic E-state index is 5.82. The monoisotopic (exact) mass is 526 g/mol. The van der Waals surface area contributed by atoms with E-state index in [1.54, 1.807) is 7.05 Å². The highest BCUT2D eigenvalue weighted by molar-refractivity contribution is 14.0. The summed E-state index contributed by atoms with van der Waals surface area (Å²) in [6.07, 6.45) is 5.63. The third-order valence-corrected chi connectivity index (χ3v) is 5.18. The number of fused-ring (bicyclic) bond motifs is 1.